The molecule has 1 aromatic rings. The van der Waals surface area contributed by atoms with Crippen LogP contribution in [0.4, 0.5) is 11.8 Å². The largest absolute Gasteiger partial charge is 0.396 e. The van der Waals surface area contributed by atoms with E-state index in [0.29, 0.717) is 11.1 Å². The Bertz CT molecular complexity index is 346. The molecule has 1 aliphatic rings. The molecule has 2 rings (SSSR count). The van der Waals surface area contributed by atoms with Crippen LogP contribution < -0.4 is 10.6 Å². The van der Waals surface area contributed by atoms with Crippen molar-refractivity contribution in [2.24, 2.45) is 5.92 Å². The molecule has 0 aliphatic carbocycles. The number of aliphatic hydroxyl groups is 1. The molecule has 2 heterocycles. The zero-order chi connectivity index (χ0) is 11.5. The zero-order valence-electron chi connectivity index (χ0n) is 8.93. The van der Waals surface area contributed by atoms with Crippen LogP contribution in [0.25, 0.3) is 0 Å². The van der Waals surface area contributed by atoms with E-state index in [1.807, 2.05) is 0 Å². The number of aliphatic hydroxyl groups excluding tert-OH is 1. The predicted octanol–water partition coefficient (Wildman–Crippen LogP) is 0.921. The van der Waals surface area contributed by atoms with Crippen LogP contribution in [0.5, 0.6) is 0 Å². The van der Waals surface area contributed by atoms with Gasteiger partial charge < -0.3 is 15.7 Å². The van der Waals surface area contributed by atoms with Crippen molar-refractivity contribution in [3.05, 3.63) is 11.2 Å². The Balaban J connectivity index is 2.08. The predicted molar refractivity (Wildman–Crippen MR) is 63.5 cm³/mol. The van der Waals surface area contributed by atoms with Gasteiger partial charge in [-0.3, -0.25) is 0 Å². The second-order valence-corrected chi connectivity index (χ2v) is 4.41. The molecule has 5 nitrogen and oxygen atoms in total. The van der Waals surface area contributed by atoms with E-state index in [1.54, 1.807) is 6.07 Å². The molecule has 0 saturated carbocycles. The summed E-state index contributed by atoms with van der Waals surface area (Å²) >= 11 is 5.83. The van der Waals surface area contributed by atoms with Crippen LogP contribution in [0.3, 0.4) is 0 Å². The number of halogens is 1. The molecule has 0 bridgehead atoms. The molecule has 3 N–H and O–H groups in total. The number of rotatable bonds is 2. The third-order valence-corrected chi connectivity index (χ3v) is 3.09. The highest BCUT2D eigenvalue weighted by Crippen LogP contribution is 2.23. The van der Waals surface area contributed by atoms with Gasteiger partial charge in [0.2, 0.25) is 5.95 Å². The topological polar surface area (TPSA) is 75.3 Å². The first-order valence-electron chi connectivity index (χ1n) is 5.35. The molecule has 0 radical (unpaired) electrons. The molecular formula is C10H15ClN4O. The van der Waals surface area contributed by atoms with Crippen LogP contribution in [0.1, 0.15) is 12.8 Å². The summed E-state index contributed by atoms with van der Waals surface area (Å²) in [4.78, 5) is 10.1. The molecule has 0 amide bonds. The van der Waals surface area contributed by atoms with Gasteiger partial charge >= 0.3 is 0 Å². The Morgan fingerprint density at radius 2 is 2.12 bits per heavy atom. The molecule has 1 fully saturated rings. The highest BCUT2D eigenvalue weighted by atomic mass is 35.5. The SMILES string of the molecule is Nc1nc(Cl)cc(N2CCC(CO)CC2)n1. The minimum atomic E-state index is 0.201. The molecule has 0 unspecified atom stereocenters. The molecule has 16 heavy (non-hydrogen) atoms. The van der Waals surface area contributed by atoms with Crippen molar-refractivity contribution in [1.82, 2.24) is 9.97 Å². The van der Waals surface area contributed by atoms with Crippen molar-refractivity contribution in [1.29, 1.82) is 0 Å². The first-order chi connectivity index (χ1) is 7.69. The molecular weight excluding hydrogens is 228 g/mol. The maximum atomic E-state index is 9.05. The van der Waals surface area contributed by atoms with Crippen LogP contribution >= 0.6 is 11.6 Å². The number of nitrogens with zero attached hydrogens (tertiary/aromatic N) is 3. The Hall–Kier alpha value is -1.07. The van der Waals surface area contributed by atoms with E-state index in [2.05, 4.69) is 14.9 Å². The van der Waals surface area contributed by atoms with Crippen molar-refractivity contribution >= 4 is 23.4 Å². The van der Waals surface area contributed by atoms with Crippen LogP contribution in [-0.4, -0.2) is 34.8 Å². The van der Waals surface area contributed by atoms with Gasteiger partial charge in [-0.25, -0.2) is 4.98 Å². The van der Waals surface area contributed by atoms with Gasteiger partial charge in [0.1, 0.15) is 11.0 Å². The van der Waals surface area contributed by atoms with E-state index in [9.17, 15) is 0 Å². The summed E-state index contributed by atoms with van der Waals surface area (Å²) in [6.07, 6.45) is 1.94. The van der Waals surface area contributed by atoms with Crippen molar-refractivity contribution in [2.45, 2.75) is 12.8 Å². The molecule has 88 valence electrons. The van der Waals surface area contributed by atoms with E-state index >= 15 is 0 Å². The second kappa shape index (κ2) is 4.84. The van der Waals surface area contributed by atoms with Gasteiger partial charge in [0.25, 0.3) is 0 Å². The number of hydrogen-bond donors (Lipinski definition) is 2. The second-order valence-electron chi connectivity index (χ2n) is 4.02. The lowest BCUT2D eigenvalue weighted by molar-refractivity contribution is 0.203. The number of nitrogens with two attached hydrogens (primary N) is 1. The highest BCUT2D eigenvalue weighted by molar-refractivity contribution is 6.29. The lowest BCUT2D eigenvalue weighted by Gasteiger charge is -2.31. The fourth-order valence-electron chi connectivity index (χ4n) is 1.93. The number of anilines is 2. The van der Waals surface area contributed by atoms with E-state index < -0.39 is 0 Å². The lowest BCUT2D eigenvalue weighted by Crippen LogP contribution is -2.35. The lowest BCUT2D eigenvalue weighted by atomic mass is 9.98. The van der Waals surface area contributed by atoms with Gasteiger partial charge in [-0.15, -0.1) is 0 Å². The molecule has 1 aliphatic heterocycles. The van der Waals surface area contributed by atoms with Gasteiger partial charge in [-0.2, -0.15) is 4.98 Å². The average Bonchev–Trinajstić information content (AvgIpc) is 2.28. The number of aromatic nitrogens is 2. The third kappa shape index (κ3) is 2.54. The summed E-state index contributed by atoms with van der Waals surface area (Å²) in [6.45, 7) is 2.01. The third-order valence-electron chi connectivity index (χ3n) is 2.90. The van der Waals surface area contributed by atoms with Gasteiger partial charge in [-0.1, -0.05) is 11.6 Å². The molecule has 1 aromatic heterocycles. The number of nitrogen functional groups attached to an aromatic ring is 1. The van der Waals surface area contributed by atoms with Crippen LogP contribution in [-0.2, 0) is 0 Å². The fourth-order valence-corrected chi connectivity index (χ4v) is 2.11. The number of hydrogen-bond acceptors (Lipinski definition) is 5. The summed E-state index contributed by atoms with van der Waals surface area (Å²) in [5.74, 6) is 1.38. The van der Waals surface area contributed by atoms with Crippen molar-refractivity contribution in [3.63, 3.8) is 0 Å². The molecule has 0 aromatic carbocycles. The van der Waals surface area contributed by atoms with Crippen molar-refractivity contribution < 1.29 is 5.11 Å². The average molecular weight is 243 g/mol. The normalized spacial score (nSPS) is 17.8. The Kier molecular flexibility index (Phi) is 3.46. The van der Waals surface area contributed by atoms with E-state index in [4.69, 9.17) is 22.4 Å². The Labute approximate surface area is 99.3 Å². The zero-order valence-corrected chi connectivity index (χ0v) is 9.69. The molecule has 0 spiro atoms. The summed E-state index contributed by atoms with van der Waals surface area (Å²) in [5, 5.41) is 9.42. The first-order valence-corrected chi connectivity index (χ1v) is 5.72. The van der Waals surface area contributed by atoms with Crippen LogP contribution in [0.15, 0.2) is 6.07 Å². The van der Waals surface area contributed by atoms with Crippen molar-refractivity contribution in [2.75, 3.05) is 30.3 Å². The van der Waals surface area contributed by atoms with Gasteiger partial charge in [0.15, 0.2) is 0 Å². The smallest absolute Gasteiger partial charge is 0.223 e. The van der Waals surface area contributed by atoms with E-state index in [1.165, 1.54) is 0 Å². The van der Waals surface area contributed by atoms with Crippen LogP contribution in [0.2, 0.25) is 5.15 Å². The standard InChI is InChI=1S/C10H15ClN4O/c11-8-5-9(14-10(12)13-8)15-3-1-7(6-16)2-4-15/h5,7,16H,1-4,6H2,(H2,12,13,14). The summed E-state index contributed by atoms with van der Waals surface area (Å²) in [5.41, 5.74) is 5.55. The monoisotopic (exact) mass is 242 g/mol. The molecule has 0 atom stereocenters. The van der Waals surface area contributed by atoms with Gasteiger partial charge in [0.05, 0.1) is 0 Å². The van der Waals surface area contributed by atoms with E-state index in [-0.39, 0.29) is 12.6 Å². The summed E-state index contributed by atoms with van der Waals surface area (Å²) in [7, 11) is 0. The number of piperidine rings is 1. The quantitative estimate of drug-likeness (QED) is 0.755. The highest BCUT2D eigenvalue weighted by Gasteiger charge is 2.20. The van der Waals surface area contributed by atoms with E-state index in [0.717, 1.165) is 31.7 Å². The molecule has 6 heteroatoms. The van der Waals surface area contributed by atoms with Crippen molar-refractivity contribution in [3.8, 4) is 0 Å². The first kappa shape index (κ1) is 11.4. The molecule has 1 saturated heterocycles. The van der Waals surface area contributed by atoms with Gasteiger partial charge in [0, 0.05) is 25.8 Å². The minimum absolute atomic E-state index is 0.201. The minimum Gasteiger partial charge on any atom is -0.396 e. The summed E-state index contributed by atoms with van der Waals surface area (Å²) in [6, 6.07) is 1.72. The fraction of sp³-hybridized carbons (Fsp3) is 0.600. The summed E-state index contributed by atoms with van der Waals surface area (Å²) < 4.78 is 0. The maximum absolute atomic E-state index is 9.05. The van der Waals surface area contributed by atoms with Gasteiger partial charge in [-0.05, 0) is 18.8 Å². The Morgan fingerprint density at radius 1 is 1.44 bits per heavy atom. The maximum Gasteiger partial charge on any atom is 0.223 e. The Morgan fingerprint density at radius 3 is 2.69 bits per heavy atom. The van der Waals surface area contributed by atoms with Crippen LogP contribution in [0, 0.1) is 5.92 Å².